The second-order valence-electron chi connectivity index (χ2n) is 5.17. The zero-order valence-corrected chi connectivity index (χ0v) is 16.8. The van der Waals surface area contributed by atoms with Crippen molar-refractivity contribution in [3.63, 3.8) is 0 Å². The molecule has 6 heteroatoms. The highest BCUT2D eigenvalue weighted by Crippen LogP contribution is 1.99. The van der Waals surface area contributed by atoms with Crippen LogP contribution in [0.2, 0.25) is 0 Å². The molecule has 1 aromatic rings. The zero-order chi connectivity index (χ0) is 15.9. The first-order valence-corrected chi connectivity index (χ1v) is 8.49. The molecule has 0 spiro atoms. The number of hydrogen-bond donors (Lipinski definition) is 2. The van der Waals surface area contributed by atoms with Gasteiger partial charge in [0.1, 0.15) is 5.76 Å². The maximum absolute atomic E-state index is 5.34. The monoisotopic (exact) mass is 437 g/mol. The first-order valence-electron chi connectivity index (χ1n) is 8.49. The maximum atomic E-state index is 5.34. The minimum atomic E-state index is 0. The Morgan fingerprint density at radius 2 is 2.00 bits per heavy atom. The lowest BCUT2D eigenvalue weighted by molar-refractivity contribution is 0.146. The lowest BCUT2D eigenvalue weighted by Gasteiger charge is -2.12. The Kier molecular flexibility index (Phi) is 15.6. The molecule has 134 valence electrons. The minimum Gasteiger partial charge on any atom is -0.469 e. The van der Waals surface area contributed by atoms with Crippen LogP contribution in [0.5, 0.6) is 0 Å². The lowest BCUT2D eigenvalue weighted by atomic mass is 10.2. The summed E-state index contributed by atoms with van der Waals surface area (Å²) < 4.78 is 10.7. The number of hydrogen-bond acceptors (Lipinski definition) is 3. The fourth-order valence-electron chi connectivity index (χ4n) is 2.02. The van der Waals surface area contributed by atoms with Crippen molar-refractivity contribution in [3.05, 3.63) is 24.2 Å². The van der Waals surface area contributed by atoms with Gasteiger partial charge in [0.25, 0.3) is 0 Å². The summed E-state index contributed by atoms with van der Waals surface area (Å²) >= 11 is 0. The summed E-state index contributed by atoms with van der Waals surface area (Å²) in [6.45, 7) is 8.33. The number of guanidine groups is 1. The first-order chi connectivity index (χ1) is 10.9. The highest BCUT2D eigenvalue weighted by atomic mass is 127. The third kappa shape index (κ3) is 12.3. The van der Waals surface area contributed by atoms with Crippen LogP contribution in [0.25, 0.3) is 0 Å². The molecule has 1 heterocycles. The molecule has 0 bridgehead atoms. The number of rotatable bonds is 12. The van der Waals surface area contributed by atoms with E-state index in [4.69, 9.17) is 9.15 Å². The van der Waals surface area contributed by atoms with E-state index in [-0.39, 0.29) is 24.0 Å². The Morgan fingerprint density at radius 1 is 1.17 bits per heavy atom. The van der Waals surface area contributed by atoms with Gasteiger partial charge in [0.2, 0.25) is 0 Å². The molecule has 0 aliphatic rings. The van der Waals surface area contributed by atoms with Crippen molar-refractivity contribution >= 4 is 29.9 Å². The molecule has 0 amide bonds. The van der Waals surface area contributed by atoms with Gasteiger partial charge < -0.3 is 19.8 Å². The maximum Gasteiger partial charge on any atom is 0.191 e. The number of furan rings is 1. The normalized spacial score (nSPS) is 11.1. The van der Waals surface area contributed by atoms with Gasteiger partial charge in [0.05, 0.1) is 6.26 Å². The molecule has 0 aromatic carbocycles. The van der Waals surface area contributed by atoms with Crippen molar-refractivity contribution in [1.29, 1.82) is 0 Å². The Balaban J connectivity index is 0.00000484. The zero-order valence-electron chi connectivity index (χ0n) is 14.5. The van der Waals surface area contributed by atoms with Crippen molar-refractivity contribution in [2.45, 2.75) is 46.0 Å². The first kappa shape index (κ1) is 22.2. The van der Waals surface area contributed by atoms with E-state index in [1.165, 1.54) is 19.3 Å². The number of unbranched alkanes of at least 4 members (excludes halogenated alkanes) is 2. The molecular weight excluding hydrogens is 405 g/mol. The summed E-state index contributed by atoms with van der Waals surface area (Å²) in [5, 5.41) is 6.76. The molecule has 0 fully saturated rings. The van der Waals surface area contributed by atoms with Crippen LogP contribution in [-0.2, 0) is 11.2 Å². The molecule has 0 aliphatic carbocycles. The third-order valence-electron chi connectivity index (χ3n) is 3.24. The lowest BCUT2D eigenvalue weighted by Crippen LogP contribution is -2.39. The number of aliphatic imine (C=N–C) groups is 1. The fraction of sp³-hybridized carbons (Fsp3) is 0.706. The molecule has 1 aromatic heterocycles. The fourth-order valence-corrected chi connectivity index (χ4v) is 2.02. The van der Waals surface area contributed by atoms with E-state index in [0.717, 1.165) is 57.4 Å². The highest BCUT2D eigenvalue weighted by Gasteiger charge is 2.00. The molecule has 1 rings (SSSR count). The van der Waals surface area contributed by atoms with Crippen LogP contribution in [-0.4, -0.2) is 38.8 Å². The van der Waals surface area contributed by atoms with Crippen LogP contribution in [0.4, 0.5) is 0 Å². The van der Waals surface area contributed by atoms with Gasteiger partial charge in [-0.25, -0.2) is 0 Å². The summed E-state index contributed by atoms with van der Waals surface area (Å²) in [6.07, 6.45) is 7.18. The average molecular weight is 437 g/mol. The van der Waals surface area contributed by atoms with E-state index in [9.17, 15) is 0 Å². The van der Waals surface area contributed by atoms with Gasteiger partial charge >= 0.3 is 0 Å². The number of ether oxygens (including phenoxy) is 1. The topological polar surface area (TPSA) is 58.8 Å². The van der Waals surface area contributed by atoms with E-state index in [1.807, 2.05) is 19.1 Å². The van der Waals surface area contributed by atoms with Crippen LogP contribution in [0.15, 0.2) is 27.8 Å². The van der Waals surface area contributed by atoms with E-state index in [1.54, 1.807) is 6.26 Å². The van der Waals surface area contributed by atoms with E-state index >= 15 is 0 Å². The summed E-state index contributed by atoms with van der Waals surface area (Å²) in [6, 6.07) is 3.91. The minimum absolute atomic E-state index is 0. The molecule has 5 nitrogen and oxygen atoms in total. The van der Waals surface area contributed by atoms with E-state index in [0.29, 0.717) is 0 Å². The molecule has 2 N–H and O–H groups in total. The molecule has 23 heavy (non-hydrogen) atoms. The Bertz CT molecular complexity index is 383. The van der Waals surface area contributed by atoms with Crippen LogP contribution < -0.4 is 10.6 Å². The Hall–Kier alpha value is -0.760. The molecule has 0 unspecified atom stereocenters. The molecule has 0 saturated carbocycles. The van der Waals surface area contributed by atoms with E-state index in [2.05, 4.69) is 22.5 Å². The van der Waals surface area contributed by atoms with Gasteiger partial charge in [0.15, 0.2) is 5.96 Å². The van der Waals surface area contributed by atoms with Gasteiger partial charge in [-0.15, -0.1) is 24.0 Å². The smallest absolute Gasteiger partial charge is 0.191 e. The summed E-state index contributed by atoms with van der Waals surface area (Å²) in [7, 11) is 0. The van der Waals surface area contributed by atoms with Gasteiger partial charge in [-0.2, -0.15) is 0 Å². The van der Waals surface area contributed by atoms with Crippen molar-refractivity contribution < 1.29 is 9.15 Å². The average Bonchev–Trinajstić information content (AvgIpc) is 3.04. The van der Waals surface area contributed by atoms with Gasteiger partial charge in [-0.05, 0) is 31.9 Å². The van der Waals surface area contributed by atoms with Gasteiger partial charge in [-0.3, -0.25) is 4.99 Å². The summed E-state index contributed by atoms with van der Waals surface area (Å²) in [5.41, 5.74) is 0. The van der Waals surface area contributed by atoms with Crippen molar-refractivity contribution in [1.82, 2.24) is 10.6 Å². The van der Waals surface area contributed by atoms with Crippen LogP contribution in [0.3, 0.4) is 0 Å². The van der Waals surface area contributed by atoms with Crippen LogP contribution in [0, 0.1) is 0 Å². The SMILES string of the molecule is CCCCCNC(=NCCCOCC)NCCc1ccco1.I. The second-order valence-corrected chi connectivity index (χ2v) is 5.17. The van der Waals surface area contributed by atoms with Crippen molar-refractivity contribution in [3.8, 4) is 0 Å². The number of nitrogens with one attached hydrogen (secondary N) is 2. The number of halogens is 1. The van der Waals surface area contributed by atoms with Crippen molar-refractivity contribution in [2.24, 2.45) is 4.99 Å². The summed E-state index contributed by atoms with van der Waals surface area (Å²) in [5.74, 6) is 1.88. The number of nitrogens with zero attached hydrogens (tertiary/aromatic N) is 1. The molecular formula is C17H32IN3O2. The van der Waals surface area contributed by atoms with Gasteiger partial charge in [-0.1, -0.05) is 19.8 Å². The molecule has 0 saturated heterocycles. The largest absolute Gasteiger partial charge is 0.469 e. The Morgan fingerprint density at radius 3 is 2.70 bits per heavy atom. The third-order valence-corrected chi connectivity index (χ3v) is 3.24. The highest BCUT2D eigenvalue weighted by molar-refractivity contribution is 14.0. The van der Waals surface area contributed by atoms with Crippen molar-refractivity contribution in [2.75, 3.05) is 32.8 Å². The quantitative estimate of drug-likeness (QED) is 0.227. The van der Waals surface area contributed by atoms with E-state index < -0.39 is 0 Å². The predicted octanol–water partition coefficient (Wildman–Crippen LogP) is 3.59. The summed E-state index contributed by atoms with van der Waals surface area (Å²) in [4.78, 5) is 4.60. The second kappa shape index (κ2) is 16.1. The molecule has 0 aliphatic heterocycles. The Labute approximate surface area is 157 Å². The van der Waals surface area contributed by atoms with Crippen LogP contribution in [0.1, 0.15) is 45.3 Å². The molecule has 0 atom stereocenters. The predicted molar refractivity (Wildman–Crippen MR) is 107 cm³/mol. The molecule has 0 radical (unpaired) electrons. The van der Waals surface area contributed by atoms with Gasteiger partial charge in [0, 0.05) is 39.3 Å². The standard InChI is InChI=1S/C17H31N3O2.HI/c1-3-5-6-11-18-17(19-12-8-14-21-4-2)20-13-10-16-9-7-15-22-16;/h7,9,15H,3-6,8,10-14H2,1-2H3,(H2,18,19,20);1H. The van der Waals surface area contributed by atoms with Crippen LogP contribution >= 0.6 is 24.0 Å².